The monoisotopic (exact) mass is 1040 g/mol. The number of nitrogens with zero attached hydrogens (tertiary/aromatic N) is 3. The minimum absolute atomic E-state index is 0.163. The van der Waals surface area contributed by atoms with Gasteiger partial charge in [0.15, 0.2) is 12.5 Å². The van der Waals surface area contributed by atoms with Gasteiger partial charge in [-0.1, -0.05) is 5.21 Å². The number of rotatable bonds is 23. The predicted octanol–water partition coefficient (Wildman–Crippen LogP) is 0.629. The number of hydrogen-bond donors (Lipinski definition) is 7. The molecular formula is C33H43F14N3O16S. The van der Waals surface area contributed by atoms with Gasteiger partial charge in [-0.3, -0.25) is 9.59 Å². The summed E-state index contributed by atoms with van der Waals surface area (Å²) in [6.45, 7) is -7.55. The van der Waals surface area contributed by atoms with Crippen LogP contribution in [0.3, 0.4) is 0 Å². The van der Waals surface area contributed by atoms with Crippen molar-refractivity contribution in [2.24, 2.45) is 0 Å². The van der Waals surface area contributed by atoms with Crippen molar-refractivity contribution in [2.75, 3.05) is 39.6 Å². The first kappa shape index (κ1) is 58.3. The summed E-state index contributed by atoms with van der Waals surface area (Å²) < 4.78 is 217. The highest BCUT2D eigenvalue weighted by molar-refractivity contribution is 7.99. The topological polar surface area (TPSA) is 271 Å². The minimum Gasteiger partial charge on any atom is -0.460 e. The van der Waals surface area contributed by atoms with Gasteiger partial charge in [0.05, 0.1) is 44.7 Å². The van der Waals surface area contributed by atoms with Crippen molar-refractivity contribution in [1.82, 2.24) is 15.0 Å². The summed E-state index contributed by atoms with van der Waals surface area (Å²) in [6, 6.07) is 0. The number of aliphatic hydroxyl groups excluding tert-OH is 7. The van der Waals surface area contributed by atoms with E-state index in [0.29, 0.717) is 11.8 Å². The number of aliphatic hydroxyl groups is 7. The molecule has 0 amide bonds. The molecule has 2 aliphatic rings. The highest BCUT2D eigenvalue weighted by Gasteiger charge is 2.74. The average molecular weight is 1040 g/mol. The van der Waals surface area contributed by atoms with Gasteiger partial charge in [0, 0.05) is 5.75 Å². The van der Waals surface area contributed by atoms with Crippen molar-refractivity contribution in [3.05, 3.63) is 11.9 Å². The number of esters is 2. The van der Waals surface area contributed by atoms with E-state index in [4.69, 9.17) is 23.7 Å². The fraction of sp³-hybridized carbons (Fsp3) is 0.879. The van der Waals surface area contributed by atoms with E-state index in [0.717, 1.165) is 24.7 Å². The maximum absolute atomic E-state index is 13.7. The van der Waals surface area contributed by atoms with E-state index in [-0.39, 0.29) is 5.69 Å². The summed E-state index contributed by atoms with van der Waals surface area (Å²) in [6.07, 6.45) is -35.0. The molecule has 0 aliphatic carbocycles. The molecule has 13 atom stereocenters. The molecule has 2 fully saturated rings. The van der Waals surface area contributed by atoms with E-state index < -0.39 is 179 Å². The molecule has 7 N–H and O–H groups in total. The van der Waals surface area contributed by atoms with Crippen LogP contribution in [0, 0.1) is 0 Å². The molecule has 3 rings (SSSR count). The molecule has 3 heterocycles. The molecule has 390 valence electrons. The van der Waals surface area contributed by atoms with E-state index in [1.807, 2.05) is 0 Å². The first-order valence-electron chi connectivity index (χ1n) is 18.9. The number of carbonyl (C=O) groups excluding carboxylic acids is 2. The number of halogens is 14. The van der Waals surface area contributed by atoms with E-state index >= 15 is 0 Å². The van der Waals surface area contributed by atoms with Crippen LogP contribution in [0.4, 0.5) is 61.5 Å². The number of ether oxygens (including phenoxy) is 7. The van der Waals surface area contributed by atoms with E-state index in [2.05, 4.69) is 19.8 Å². The molecule has 0 spiro atoms. The normalized spacial score (nSPS) is 28.5. The average Bonchev–Trinajstić information content (AvgIpc) is 3.68. The Hall–Kier alpha value is -3.03. The van der Waals surface area contributed by atoms with Gasteiger partial charge in [0.2, 0.25) is 0 Å². The number of alkyl halides is 14. The van der Waals surface area contributed by atoms with Gasteiger partial charge in [0.1, 0.15) is 79.5 Å². The molecule has 1 aromatic heterocycles. The lowest BCUT2D eigenvalue weighted by atomic mass is 9.96. The van der Waals surface area contributed by atoms with E-state index in [1.165, 1.54) is 0 Å². The Morgan fingerprint density at radius 1 is 0.716 bits per heavy atom. The van der Waals surface area contributed by atoms with E-state index in [1.54, 1.807) is 0 Å². The van der Waals surface area contributed by atoms with Crippen LogP contribution in [0.25, 0.3) is 0 Å². The lowest BCUT2D eigenvalue weighted by Crippen LogP contribution is -2.63. The number of thioether (sulfide) groups is 1. The van der Waals surface area contributed by atoms with Gasteiger partial charge in [-0.25, -0.2) is 4.68 Å². The first-order valence-corrected chi connectivity index (χ1v) is 20.0. The van der Waals surface area contributed by atoms with Crippen LogP contribution in [0.15, 0.2) is 6.20 Å². The van der Waals surface area contributed by atoms with Gasteiger partial charge in [-0.05, 0) is 13.8 Å². The zero-order chi connectivity index (χ0) is 51.2. The van der Waals surface area contributed by atoms with Crippen LogP contribution < -0.4 is 0 Å². The quantitative estimate of drug-likeness (QED) is 0.0585. The van der Waals surface area contributed by atoms with Crippen LogP contribution >= 0.6 is 11.8 Å². The second-order valence-corrected chi connectivity index (χ2v) is 16.0. The van der Waals surface area contributed by atoms with Gasteiger partial charge in [0.25, 0.3) is 0 Å². The Morgan fingerprint density at radius 2 is 1.22 bits per heavy atom. The molecule has 2 saturated heterocycles. The molecule has 0 radical (unpaired) electrons. The highest BCUT2D eigenvalue weighted by atomic mass is 32.2. The summed E-state index contributed by atoms with van der Waals surface area (Å²) in [7, 11) is 0. The Morgan fingerprint density at radius 3 is 1.72 bits per heavy atom. The largest absolute Gasteiger partial charge is 0.460 e. The second kappa shape index (κ2) is 22.8. The Kier molecular flexibility index (Phi) is 19.8. The molecular weight excluding hydrogens is 992 g/mol. The zero-order valence-corrected chi connectivity index (χ0v) is 34.9. The SMILES string of the molecule is CC(COCC(F)(F)C(F)(F)C(F)(F)F)OC(=O)CC(SCc1cn([C@@H]2O[C@H](CO)[C@@H](O[C@@H]3O[C@H](CO)[C@H](O)[C@H](O)[C@H]3O)[C@H](O)[C@H]2O)nn1)C(=O)OC(C)COCC(F)(F)C(F)(F)C(F)(F)F. The van der Waals surface area contributed by atoms with Crippen molar-refractivity contribution < 1.29 is 140 Å². The van der Waals surface area contributed by atoms with Crippen LogP contribution in [0.1, 0.15) is 32.2 Å². The first-order chi connectivity index (χ1) is 30.6. The lowest BCUT2D eigenvalue weighted by Gasteiger charge is -2.45. The van der Waals surface area contributed by atoms with Crippen LogP contribution in [0.2, 0.25) is 0 Å². The Labute approximate surface area is 371 Å². The van der Waals surface area contributed by atoms with Crippen LogP contribution in [-0.2, 0) is 48.5 Å². The van der Waals surface area contributed by atoms with Gasteiger partial charge >= 0.3 is 48.0 Å². The van der Waals surface area contributed by atoms with Crippen molar-refractivity contribution in [2.45, 2.75) is 141 Å². The molecule has 0 bridgehead atoms. The van der Waals surface area contributed by atoms with Crippen LogP contribution in [0.5, 0.6) is 0 Å². The third-order valence-electron chi connectivity index (χ3n) is 9.40. The maximum Gasteiger partial charge on any atom is 0.459 e. The smallest absolute Gasteiger partial charge is 0.459 e. The summed E-state index contributed by atoms with van der Waals surface area (Å²) in [5.41, 5.74) is -0.163. The Bertz CT molecular complexity index is 1750. The highest BCUT2D eigenvalue weighted by Crippen LogP contribution is 2.48. The standard InChI is InChI=1S/C33H43F14N3O16S/c1-12(7-60-10-28(34,35)30(38,39)32(42,43)44)62-18(53)3-17(26(59)63-13(2)8-61-11-29(36,37)31(40,41)33(45,46)47)67-9-14-4-50(49-48-14)25-22(57)21(56)24(16(6-52)64-25)66-27-23(58)20(55)19(54)15(5-51)65-27/h4,12-13,15-17,19-25,27,51-52,54-58H,3,5-11H2,1-2H3/t12?,13?,15-,16-,17?,19+,20+,21-,22-,23-,24-,25-,27+/m1/s1. The van der Waals surface area contributed by atoms with Crippen molar-refractivity contribution in [1.29, 1.82) is 0 Å². The molecule has 3 unspecified atom stereocenters. The van der Waals surface area contributed by atoms with Crippen LogP contribution in [-0.4, -0.2) is 211 Å². The molecule has 1 aromatic rings. The summed E-state index contributed by atoms with van der Waals surface area (Å²) >= 11 is 0.426. The zero-order valence-electron chi connectivity index (χ0n) is 34.1. The summed E-state index contributed by atoms with van der Waals surface area (Å²) in [4.78, 5) is 25.9. The molecule has 0 aromatic carbocycles. The lowest BCUT2D eigenvalue weighted by molar-refractivity contribution is -0.361. The van der Waals surface area contributed by atoms with Gasteiger partial charge in [-0.2, -0.15) is 61.5 Å². The molecule has 34 heteroatoms. The maximum atomic E-state index is 13.7. The predicted molar refractivity (Wildman–Crippen MR) is 186 cm³/mol. The molecule has 67 heavy (non-hydrogen) atoms. The number of hydrogen-bond acceptors (Lipinski definition) is 19. The third-order valence-corrected chi connectivity index (χ3v) is 10.6. The number of carbonyl (C=O) groups is 2. The summed E-state index contributed by atoms with van der Waals surface area (Å²) in [5, 5.41) is 77.4. The van der Waals surface area contributed by atoms with Crippen molar-refractivity contribution in [3.8, 4) is 0 Å². The molecule has 2 aliphatic heterocycles. The van der Waals surface area contributed by atoms with Crippen molar-refractivity contribution in [3.63, 3.8) is 0 Å². The fourth-order valence-corrected chi connectivity index (χ4v) is 6.71. The minimum atomic E-state index is -6.69. The van der Waals surface area contributed by atoms with Gasteiger partial charge < -0.3 is 68.9 Å². The van der Waals surface area contributed by atoms with E-state index in [9.17, 15) is 107 Å². The molecule has 19 nitrogen and oxygen atoms in total. The van der Waals surface area contributed by atoms with Gasteiger partial charge in [-0.15, -0.1) is 16.9 Å². The summed E-state index contributed by atoms with van der Waals surface area (Å²) in [5.74, 6) is -28.1. The third kappa shape index (κ3) is 14.1. The number of aromatic nitrogens is 3. The fourth-order valence-electron chi connectivity index (χ4n) is 5.76. The van der Waals surface area contributed by atoms with Crippen molar-refractivity contribution >= 4 is 23.7 Å². The second-order valence-electron chi connectivity index (χ2n) is 14.9. The molecule has 0 saturated carbocycles. The Balaban J connectivity index is 1.72.